The van der Waals surface area contributed by atoms with E-state index in [1.54, 1.807) is 52.3 Å². The van der Waals surface area contributed by atoms with E-state index in [1.165, 1.54) is 42.2 Å². The lowest BCUT2D eigenvalue weighted by Crippen LogP contribution is -2.62. The zero-order chi connectivity index (χ0) is 47.6. The van der Waals surface area contributed by atoms with Crippen molar-refractivity contribution in [2.75, 3.05) is 32.8 Å². The summed E-state index contributed by atoms with van der Waals surface area (Å²) >= 11 is 0. The predicted octanol–water partition coefficient (Wildman–Crippen LogP) is 7.10. The molecule has 0 saturated carbocycles. The molecule has 3 aliphatic rings. The monoisotopic (exact) mass is 938 g/mol. The zero-order valence-electron chi connectivity index (χ0n) is 38.2. The molecule has 8 atom stereocenters. The Kier molecular flexibility index (Phi) is 14.1. The minimum absolute atomic E-state index is 0.0503. The number of aryl methyl sites for hydroxylation is 1. The number of morpholine rings is 1. The van der Waals surface area contributed by atoms with Crippen LogP contribution in [0.2, 0.25) is 0 Å². The molecule has 8 rings (SSSR count). The van der Waals surface area contributed by atoms with Gasteiger partial charge in [0, 0.05) is 31.2 Å². The van der Waals surface area contributed by atoms with Crippen LogP contribution in [0.1, 0.15) is 91.3 Å². The van der Waals surface area contributed by atoms with Crippen molar-refractivity contribution in [1.29, 1.82) is 0 Å². The first-order valence-electron chi connectivity index (χ1n) is 22.8. The molecule has 354 valence electrons. The van der Waals surface area contributed by atoms with E-state index < -0.39 is 61.3 Å². The van der Waals surface area contributed by atoms with E-state index in [-0.39, 0.29) is 60.4 Å². The first-order valence-corrected chi connectivity index (χ1v) is 24.5. The fourth-order valence-electron chi connectivity index (χ4n) is 9.25. The van der Waals surface area contributed by atoms with Crippen LogP contribution in [0.4, 0.5) is 4.39 Å². The van der Waals surface area contributed by atoms with Gasteiger partial charge in [-0.1, -0.05) is 60.1 Å². The summed E-state index contributed by atoms with van der Waals surface area (Å²) in [4.78, 5) is 75.5. The topological polar surface area (TPSA) is 190 Å². The van der Waals surface area contributed by atoms with Crippen LogP contribution in [0.25, 0.3) is 21.7 Å². The molecule has 5 aromatic rings. The molecule has 0 spiro atoms. The number of fused-ring (bicyclic) bond motifs is 3. The smallest absolute Gasteiger partial charge is 0.355 e. The molecule has 0 aliphatic carbocycles. The number of hydrogen-bond donors (Lipinski definition) is 2. The maximum atomic E-state index is 16.8. The van der Waals surface area contributed by atoms with E-state index in [0.717, 1.165) is 5.56 Å². The van der Waals surface area contributed by atoms with E-state index >= 15 is 4.39 Å². The summed E-state index contributed by atoms with van der Waals surface area (Å²) in [6.45, 7) is 9.82. The van der Waals surface area contributed by atoms with Crippen molar-refractivity contribution < 1.29 is 51.4 Å². The van der Waals surface area contributed by atoms with Crippen molar-refractivity contribution in [3.63, 3.8) is 0 Å². The van der Waals surface area contributed by atoms with Crippen LogP contribution in [0.5, 0.6) is 5.75 Å². The maximum absolute atomic E-state index is 16.8. The Bertz CT molecular complexity index is 2710. The third-order valence-electron chi connectivity index (χ3n) is 12.5. The SMILES string of the molecule is CCCOC(=O)[C@H](C)NP(=O)(Oc1ccccc1)C(F)c1ccc2ccc(C(=O)N[C@H]3CN(C(=O)c4noc5ccc(C)cc45)CC[C@H]4CC[C@@H](C(=O)N5C[C@@H](C)O[C@@H](C)C5)N4C3=O)cc2c1. The number of ether oxygens (including phenoxy) is 2. The van der Waals surface area contributed by atoms with Gasteiger partial charge in [-0.15, -0.1) is 0 Å². The number of carbonyl (C=O) groups is 5. The lowest BCUT2D eigenvalue weighted by atomic mass is 10.0. The van der Waals surface area contributed by atoms with Gasteiger partial charge in [-0.25, -0.2) is 9.48 Å². The van der Waals surface area contributed by atoms with Crippen LogP contribution < -0.4 is 14.9 Å². The summed E-state index contributed by atoms with van der Waals surface area (Å²) in [5.41, 5.74) is 1.47. The molecule has 3 fully saturated rings. The molecule has 67 heavy (non-hydrogen) atoms. The lowest BCUT2D eigenvalue weighted by Gasteiger charge is -2.41. The molecule has 16 nitrogen and oxygen atoms in total. The first-order chi connectivity index (χ1) is 32.1. The highest BCUT2D eigenvalue weighted by molar-refractivity contribution is 7.57. The largest absolute Gasteiger partial charge is 0.465 e. The molecule has 2 unspecified atom stereocenters. The Morgan fingerprint density at radius 1 is 0.910 bits per heavy atom. The van der Waals surface area contributed by atoms with Gasteiger partial charge in [-0.05, 0) is 112 Å². The molecular formula is C49H56FN6O10P. The summed E-state index contributed by atoms with van der Waals surface area (Å²) in [6.07, 6.45) is 1.54. The number of nitrogens with zero attached hydrogens (tertiary/aromatic N) is 4. The van der Waals surface area contributed by atoms with E-state index in [4.69, 9.17) is 18.5 Å². The lowest BCUT2D eigenvalue weighted by molar-refractivity contribution is -0.154. The van der Waals surface area contributed by atoms with Gasteiger partial charge in [0.25, 0.3) is 11.8 Å². The predicted molar refractivity (Wildman–Crippen MR) is 247 cm³/mol. The summed E-state index contributed by atoms with van der Waals surface area (Å²) in [7, 11) is -4.54. The van der Waals surface area contributed by atoms with Crippen LogP contribution in [0.3, 0.4) is 0 Å². The average Bonchev–Trinajstić information content (AvgIpc) is 3.93. The van der Waals surface area contributed by atoms with Crippen LogP contribution in [0, 0.1) is 6.92 Å². The van der Waals surface area contributed by atoms with Gasteiger partial charge in [0.1, 0.15) is 23.9 Å². The summed E-state index contributed by atoms with van der Waals surface area (Å²) < 4.78 is 53.7. The average molecular weight is 939 g/mol. The van der Waals surface area contributed by atoms with Crippen LogP contribution in [-0.4, -0.2) is 119 Å². The highest BCUT2D eigenvalue weighted by Gasteiger charge is 2.48. The second kappa shape index (κ2) is 20.0. The minimum Gasteiger partial charge on any atom is -0.465 e. The normalized spacial score (nSPS) is 22.9. The molecule has 4 aromatic carbocycles. The van der Waals surface area contributed by atoms with Crippen molar-refractivity contribution in [2.45, 2.75) is 103 Å². The van der Waals surface area contributed by atoms with Gasteiger partial charge < -0.3 is 38.5 Å². The third-order valence-corrected chi connectivity index (χ3v) is 14.6. The highest BCUT2D eigenvalue weighted by Crippen LogP contribution is 2.58. The quantitative estimate of drug-likeness (QED) is 0.0901. The second-order valence-corrected chi connectivity index (χ2v) is 19.9. The van der Waals surface area contributed by atoms with E-state index in [9.17, 15) is 28.5 Å². The summed E-state index contributed by atoms with van der Waals surface area (Å²) in [5, 5.41) is 11.1. The number of aromatic nitrogens is 1. The number of para-hydroxylation sites is 1. The second-order valence-electron chi connectivity index (χ2n) is 17.8. The van der Waals surface area contributed by atoms with E-state index in [1.807, 2.05) is 39.8 Å². The molecule has 4 amide bonds. The first kappa shape index (κ1) is 47.3. The molecule has 3 aliphatic heterocycles. The number of benzene rings is 4. The highest BCUT2D eigenvalue weighted by atomic mass is 31.2. The van der Waals surface area contributed by atoms with Gasteiger partial charge >= 0.3 is 13.5 Å². The van der Waals surface area contributed by atoms with Crippen LogP contribution in [0.15, 0.2) is 89.5 Å². The number of halogens is 1. The maximum Gasteiger partial charge on any atom is 0.355 e. The molecular weight excluding hydrogens is 883 g/mol. The van der Waals surface area contributed by atoms with E-state index in [0.29, 0.717) is 60.5 Å². The van der Waals surface area contributed by atoms with E-state index in [2.05, 4.69) is 15.6 Å². The molecule has 0 bridgehead atoms. The van der Waals surface area contributed by atoms with Gasteiger partial charge in [0.2, 0.25) is 17.7 Å². The molecule has 4 heterocycles. The third kappa shape index (κ3) is 10.2. The molecule has 3 saturated heterocycles. The number of rotatable bonds is 13. The van der Waals surface area contributed by atoms with Crippen LogP contribution >= 0.6 is 7.52 Å². The van der Waals surface area contributed by atoms with Gasteiger partial charge in [-0.3, -0.25) is 28.5 Å². The zero-order valence-corrected chi connectivity index (χ0v) is 39.1. The fourth-order valence-corrected chi connectivity index (χ4v) is 11.2. The minimum atomic E-state index is -4.54. The number of hydrogen-bond acceptors (Lipinski definition) is 11. The van der Waals surface area contributed by atoms with Crippen LogP contribution in [-0.2, 0) is 28.4 Å². The Morgan fingerprint density at radius 2 is 1.66 bits per heavy atom. The number of alkyl halides is 1. The molecule has 2 N–H and O–H groups in total. The molecule has 18 heteroatoms. The molecule has 1 aromatic heterocycles. The summed E-state index contributed by atoms with van der Waals surface area (Å²) in [6, 6.07) is 19.1. The van der Waals surface area contributed by atoms with Crippen molar-refractivity contribution in [2.24, 2.45) is 0 Å². The summed E-state index contributed by atoms with van der Waals surface area (Å²) in [5.74, 6) is -4.69. The number of carbonyl (C=O) groups excluding carboxylic acids is 5. The van der Waals surface area contributed by atoms with Crippen molar-refractivity contribution >= 4 is 58.9 Å². The van der Waals surface area contributed by atoms with Gasteiger partial charge in [0.05, 0.1) is 30.7 Å². The number of amides is 4. The number of esters is 1. The Hall–Kier alpha value is -6.16. The Balaban J connectivity index is 1.09. The van der Waals surface area contributed by atoms with Crippen molar-refractivity contribution in [3.8, 4) is 5.75 Å². The molecule has 0 radical (unpaired) electrons. The van der Waals surface area contributed by atoms with Gasteiger partial charge in [-0.2, -0.15) is 0 Å². The fraction of sp³-hybridized carbons (Fsp3) is 0.429. The van der Waals surface area contributed by atoms with Crippen molar-refractivity contribution in [3.05, 3.63) is 107 Å². The number of nitrogens with one attached hydrogen (secondary N) is 2. The Morgan fingerprint density at radius 3 is 2.40 bits per heavy atom. The van der Waals surface area contributed by atoms with Gasteiger partial charge in [0.15, 0.2) is 11.3 Å². The van der Waals surface area contributed by atoms with Crippen molar-refractivity contribution in [1.82, 2.24) is 30.3 Å². The standard InChI is InChI=1S/C49H56FN6O10P/c1-6-22-63-49(61)32(5)53-67(62,66-38-10-8-7-9-11-38)44(50)34-15-13-33-14-16-35(25-36(33)24-34)45(57)51-40-28-54(48(60)43-39-23-29(2)12-19-42(39)65-52-43)21-20-37-17-18-41(56(37)46(40)58)47(59)55-26-30(3)64-31(4)27-55/h7-16,19,23-25,30-32,37,40-41,44H,6,17-18,20-22,26-28H2,1-5H3,(H,51,57)(H,53,62)/t30-,31+,32-,37+,40-,41-,44?,67?/m0/s1. The Labute approximate surface area is 387 Å².